The van der Waals surface area contributed by atoms with Crippen LogP contribution in [0.5, 0.6) is 0 Å². The molecule has 0 atom stereocenters. The molecule has 0 aliphatic heterocycles. The fraction of sp³-hybridized carbons (Fsp3) is 0.429. The topological polar surface area (TPSA) is 46.2 Å². The maximum Gasteiger partial charge on any atom is 0.417 e. The summed E-state index contributed by atoms with van der Waals surface area (Å²) >= 11 is 0. The quantitative estimate of drug-likeness (QED) is 0.928. The van der Waals surface area contributed by atoms with Gasteiger partial charge in [0.1, 0.15) is 0 Å². The third kappa shape index (κ3) is 4.08. The number of rotatable bonds is 3. The molecule has 0 fully saturated rings. The van der Waals surface area contributed by atoms with Gasteiger partial charge in [-0.05, 0) is 12.1 Å². The molecule has 110 valence electrons. The number of Topliss-reactive ketones (excluding diaryl/α,β-unsaturated/α-hetero) is 1. The van der Waals surface area contributed by atoms with E-state index < -0.39 is 28.6 Å². The first-order chi connectivity index (χ1) is 9.03. The van der Waals surface area contributed by atoms with Gasteiger partial charge in [-0.1, -0.05) is 32.9 Å². The molecule has 0 aliphatic rings. The highest BCUT2D eigenvalue weighted by atomic mass is 19.4. The Morgan fingerprint density at radius 1 is 1.10 bits per heavy atom. The minimum absolute atomic E-state index is 0.254. The summed E-state index contributed by atoms with van der Waals surface area (Å²) in [5.74, 6) is -1.16. The van der Waals surface area contributed by atoms with Gasteiger partial charge in [0.25, 0.3) is 5.91 Å². The Labute approximate surface area is 115 Å². The fourth-order valence-corrected chi connectivity index (χ4v) is 1.45. The molecule has 0 bridgehead atoms. The predicted molar refractivity (Wildman–Crippen MR) is 68.2 cm³/mol. The monoisotopic (exact) mass is 287 g/mol. The molecular formula is C14H16F3NO2. The van der Waals surface area contributed by atoms with Crippen molar-refractivity contribution in [1.82, 2.24) is 5.32 Å². The Kier molecular flexibility index (Phi) is 4.57. The Balaban J connectivity index is 2.87. The summed E-state index contributed by atoms with van der Waals surface area (Å²) in [5, 5.41) is 2.23. The lowest BCUT2D eigenvalue weighted by atomic mass is 9.91. The summed E-state index contributed by atoms with van der Waals surface area (Å²) < 4.78 is 38.2. The van der Waals surface area contributed by atoms with Gasteiger partial charge in [0.05, 0.1) is 17.7 Å². The molecule has 6 heteroatoms. The fourth-order valence-electron chi connectivity index (χ4n) is 1.45. The van der Waals surface area contributed by atoms with Crippen LogP contribution in [-0.4, -0.2) is 18.2 Å². The summed E-state index contributed by atoms with van der Waals surface area (Å²) in [6.07, 6.45) is -4.61. The molecule has 1 aromatic rings. The number of amides is 1. The van der Waals surface area contributed by atoms with Crippen LogP contribution in [0.2, 0.25) is 0 Å². The van der Waals surface area contributed by atoms with Crippen LogP contribution in [-0.2, 0) is 11.0 Å². The van der Waals surface area contributed by atoms with Crippen molar-refractivity contribution >= 4 is 11.7 Å². The van der Waals surface area contributed by atoms with Crippen molar-refractivity contribution in [3.63, 3.8) is 0 Å². The highest BCUT2D eigenvalue weighted by Crippen LogP contribution is 2.31. The van der Waals surface area contributed by atoms with Crippen molar-refractivity contribution in [2.24, 2.45) is 5.41 Å². The summed E-state index contributed by atoms with van der Waals surface area (Å²) in [7, 11) is 0. The van der Waals surface area contributed by atoms with E-state index in [-0.39, 0.29) is 12.3 Å². The molecule has 0 saturated carbocycles. The molecule has 0 radical (unpaired) electrons. The third-order valence-electron chi connectivity index (χ3n) is 2.72. The van der Waals surface area contributed by atoms with E-state index in [0.29, 0.717) is 0 Å². The maximum atomic E-state index is 12.7. The number of benzene rings is 1. The number of carbonyl (C=O) groups excluding carboxylic acids is 2. The van der Waals surface area contributed by atoms with Crippen LogP contribution < -0.4 is 5.32 Å². The van der Waals surface area contributed by atoms with E-state index in [4.69, 9.17) is 0 Å². The molecule has 1 rings (SSSR count). The van der Waals surface area contributed by atoms with Gasteiger partial charge in [-0.2, -0.15) is 13.2 Å². The zero-order valence-electron chi connectivity index (χ0n) is 11.5. The van der Waals surface area contributed by atoms with Crippen molar-refractivity contribution in [1.29, 1.82) is 0 Å². The number of alkyl halides is 3. The molecule has 1 amide bonds. The van der Waals surface area contributed by atoms with Gasteiger partial charge in [-0.15, -0.1) is 0 Å². The normalized spacial score (nSPS) is 12.1. The molecule has 0 unspecified atom stereocenters. The SMILES string of the molecule is CC(C)(C)C(=O)CNC(=O)c1ccccc1C(F)(F)F. The summed E-state index contributed by atoms with van der Waals surface area (Å²) in [6.45, 7) is 4.72. The molecule has 1 N–H and O–H groups in total. The number of hydrogen-bond acceptors (Lipinski definition) is 2. The van der Waals surface area contributed by atoms with Gasteiger partial charge < -0.3 is 5.32 Å². The van der Waals surface area contributed by atoms with Gasteiger partial charge >= 0.3 is 6.18 Å². The van der Waals surface area contributed by atoms with E-state index in [1.54, 1.807) is 20.8 Å². The van der Waals surface area contributed by atoms with Crippen LogP contribution in [0.1, 0.15) is 36.7 Å². The van der Waals surface area contributed by atoms with E-state index in [9.17, 15) is 22.8 Å². The van der Waals surface area contributed by atoms with Crippen molar-refractivity contribution < 1.29 is 22.8 Å². The lowest BCUT2D eigenvalue weighted by Crippen LogP contribution is -2.36. The molecule has 0 heterocycles. The molecule has 0 aliphatic carbocycles. The predicted octanol–water partition coefficient (Wildman–Crippen LogP) is 3.05. The molecule has 20 heavy (non-hydrogen) atoms. The van der Waals surface area contributed by atoms with E-state index in [1.165, 1.54) is 12.1 Å². The lowest BCUT2D eigenvalue weighted by Gasteiger charge is -2.17. The van der Waals surface area contributed by atoms with Gasteiger partial charge in [0.2, 0.25) is 0 Å². The van der Waals surface area contributed by atoms with Gasteiger partial charge in [0, 0.05) is 5.41 Å². The Morgan fingerprint density at radius 2 is 1.65 bits per heavy atom. The molecule has 0 spiro atoms. The number of ketones is 1. The highest BCUT2D eigenvalue weighted by Gasteiger charge is 2.35. The van der Waals surface area contributed by atoms with Crippen molar-refractivity contribution in [2.75, 3.05) is 6.54 Å². The van der Waals surface area contributed by atoms with Crippen LogP contribution in [0.15, 0.2) is 24.3 Å². The second kappa shape index (κ2) is 5.64. The first-order valence-electron chi connectivity index (χ1n) is 6.01. The standard InChI is InChI=1S/C14H16F3NO2/c1-13(2,3)11(19)8-18-12(20)9-6-4-5-7-10(9)14(15,16)17/h4-7H,8H2,1-3H3,(H,18,20). The van der Waals surface area contributed by atoms with Gasteiger partial charge in [0.15, 0.2) is 5.78 Å². The van der Waals surface area contributed by atoms with E-state index in [2.05, 4.69) is 5.32 Å². The smallest absolute Gasteiger partial charge is 0.345 e. The minimum atomic E-state index is -4.61. The Morgan fingerprint density at radius 3 is 2.15 bits per heavy atom. The summed E-state index contributed by atoms with van der Waals surface area (Å²) in [6, 6.07) is 4.47. The molecule has 0 aromatic heterocycles. The first kappa shape index (κ1) is 16.2. The zero-order chi connectivity index (χ0) is 15.6. The van der Waals surface area contributed by atoms with Gasteiger partial charge in [-0.3, -0.25) is 9.59 Å². The Hall–Kier alpha value is -1.85. The van der Waals surface area contributed by atoms with Crippen molar-refractivity contribution in [2.45, 2.75) is 26.9 Å². The summed E-state index contributed by atoms with van der Waals surface area (Å²) in [4.78, 5) is 23.4. The lowest BCUT2D eigenvalue weighted by molar-refractivity contribution is -0.137. The number of carbonyl (C=O) groups is 2. The van der Waals surface area contributed by atoms with Crippen LogP contribution in [0, 0.1) is 5.41 Å². The van der Waals surface area contributed by atoms with E-state index in [0.717, 1.165) is 12.1 Å². The minimum Gasteiger partial charge on any atom is -0.345 e. The highest BCUT2D eigenvalue weighted by molar-refractivity contribution is 5.98. The average molecular weight is 287 g/mol. The second-order valence-corrected chi connectivity index (χ2v) is 5.40. The van der Waals surface area contributed by atoms with Crippen molar-refractivity contribution in [3.8, 4) is 0 Å². The first-order valence-corrected chi connectivity index (χ1v) is 6.01. The zero-order valence-corrected chi connectivity index (χ0v) is 11.5. The number of halogens is 3. The molecular weight excluding hydrogens is 271 g/mol. The van der Waals surface area contributed by atoms with Crippen LogP contribution in [0.4, 0.5) is 13.2 Å². The molecule has 1 aromatic carbocycles. The average Bonchev–Trinajstić information content (AvgIpc) is 2.33. The Bertz CT molecular complexity index is 516. The molecule has 0 saturated heterocycles. The largest absolute Gasteiger partial charge is 0.417 e. The van der Waals surface area contributed by atoms with Crippen LogP contribution >= 0.6 is 0 Å². The van der Waals surface area contributed by atoms with Gasteiger partial charge in [-0.25, -0.2) is 0 Å². The van der Waals surface area contributed by atoms with Crippen LogP contribution in [0.25, 0.3) is 0 Å². The molecule has 3 nitrogen and oxygen atoms in total. The number of hydrogen-bond donors (Lipinski definition) is 1. The van der Waals surface area contributed by atoms with Crippen LogP contribution in [0.3, 0.4) is 0 Å². The maximum absolute atomic E-state index is 12.7. The van der Waals surface area contributed by atoms with E-state index in [1.807, 2.05) is 0 Å². The third-order valence-corrected chi connectivity index (χ3v) is 2.72. The second-order valence-electron chi connectivity index (χ2n) is 5.40. The van der Waals surface area contributed by atoms with E-state index >= 15 is 0 Å². The number of nitrogens with one attached hydrogen (secondary N) is 1. The summed E-state index contributed by atoms with van der Waals surface area (Å²) in [5.41, 5.74) is -2.15. The van der Waals surface area contributed by atoms with Crippen molar-refractivity contribution in [3.05, 3.63) is 35.4 Å².